The van der Waals surface area contributed by atoms with Gasteiger partial charge in [-0.2, -0.15) is 0 Å². The number of rotatable bonds is 2. The predicted octanol–water partition coefficient (Wildman–Crippen LogP) is 2.83. The van der Waals surface area contributed by atoms with Gasteiger partial charge in [0.15, 0.2) is 0 Å². The van der Waals surface area contributed by atoms with Gasteiger partial charge in [0.2, 0.25) is 0 Å². The lowest BCUT2D eigenvalue weighted by atomic mass is 10.1. The van der Waals surface area contributed by atoms with E-state index in [1.54, 1.807) is 0 Å². The zero-order valence-electron chi connectivity index (χ0n) is 11.8. The molecular formula is C14H20BrNO3. The van der Waals surface area contributed by atoms with Crippen molar-refractivity contribution < 1.29 is 13.9 Å². The van der Waals surface area contributed by atoms with Crippen molar-refractivity contribution in [2.75, 3.05) is 18.4 Å². The van der Waals surface area contributed by atoms with Crippen molar-refractivity contribution in [2.24, 2.45) is 0 Å². The van der Waals surface area contributed by atoms with Gasteiger partial charge in [-0.3, -0.25) is 4.79 Å². The van der Waals surface area contributed by atoms with E-state index < -0.39 is 0 Å². The molecule has 0 N–H and O–H groups in total. The molecule has 2 unspecified atom stereocenters. The van der Waals surface area contributed by atoms with E-state index in [2.05, 4.69) is 15.9 Å². The summed E-state index contributed by atoms with van der Waals surface area (Å²) in [4.78, 5) is 14.5. The fourth-order valence-electron chi connectivity index (χ4n) is 2.56. The molecule has 0 spiro atoms. The molecule has 5 heteroatoms. The minimum absolute atomic E-state index is 0.0490. The lowest BCUT2D eigenvalue weighted by molar-refractivity contribution is -0.0560. The summed E-state index contributed by atoms with van der Waals surface area (Å²) in [7, 11) is 0. The van der Waals surface area contributed by atoms with Gasteiger partial charge in [-0.25, -0.2) is 0 Å². The van der Waals surface area contributed by atoms with Gasteiger partial charge >= 0.3 is 0 Å². The van der Waals surface area contributed by atoms with Crippen LogP contribution in [-0.4, -0.2) is 41.4 Å². The number of carbonyl (C=O) groups is 1. The van der Waals surface area contributed by atoms with Gasteiger partial charge in [0.1, 0.15) is 11.5 Å². The molecule has 0 aliphatic carbocycles. The Balaban J connectivity index is 2.23. The lowest BCUT2D eigenvalue weighted by Crippen LogP contribution is -2.49. The summed E-state index contributed by atoms with van der Waals surface area (Å²) in [5, 5.41) is 0.740. The average Bonchev–Trinajstić information content (AvgIpc) is 2.61. The zero-order valence-corrected chi connectivity index (χ0v) is 13.4. The Morgan fingerprint density at radius 1 is 1.32 bits per heavy atom. The van der Waals surface area contributed by atoms with Gasteiger partial charge in [-0.15, -0.1) is 0 Å². The average molecular weight is 330 g/mol. The molecule has 19 heavy (non-hydrogen) atoms. The lowest BCUT2D eigenvalue weighted by Gasteiger charge is -2.36. The number of hydrogen-bond donors (Lipinski definition) is 0. The van der Waals surface area contributed by atoms with Crippen LogP contribution in [0.2, 0.25) is 0 Å². The highest BCUT2D eigenvalue weighted by Crippen LogP contribution is 2.24. The van der Waals surface area contributed by atoms with Crippen LogP contribution in [0.25, 0.3) is 0 Å². The number of ether oxygens (including phenoxy) is 1. The summed E-state index contributed by atoms with van der Waals surface area (Å²) in [5.41, 5.74) is 1.65. The zero-order chi connectivity index (χ0) is 14.2. The highest BCUT2D eigenvalue weighted by atomic mass is 79.9. The van der Waals surface area contributed by atoms with E-state index in [0.717, 1.165) is 16.7 Å². The summed E-state index contributed by atoms with van der Waals surface area (Å²) in [6, 6.07) is 0. The Kier molecular flexibility index (Phi) is 4.36. The first-order valence-electron chi connectivity index (χ1n) is 6.51. The van der Waals surface area contributed by atoms with E-state index in [0.29, 0.717) is 24.4 Å². The second kappa shape index (κ2) is 5.67. The van der Waals surface area contributed by atoms with Crippen LogP contribution in [0.5, 0.6) is 0 Å². The second-order valence-corrected chi connectivity index (χ2v) is 5.80. The van der Waals surface area contributed by atoms with Crippen LogP contribution in [0, 0.1) is 20.8 Å². The Morgan fingerprint density at radius 2 is 2.00 bits per heavy atom. The standard InChI is InChI=1S/C14H20BrNO3/c1-8-6-16(7-12(5-15)18-8)14(17)13-9(2)10(3)19-11(13)4/h8,12H,5-7H2,1-4H3. The van der Waals surface area contributed by atoms with Crippen molar-refractivity contribution in [3.8, 4) is 0 Å². The molecular weight excluding hydrogens is 310 g/mol. The summed E-state index contributed by atoms with van der Waals surface area (Å²) >= 11 is 3.42. The van der Waals surface area contributed by atoms with Crippen molar-refractivity contribution in [3.63, 3.8) is 0 Å². The van der Waals surface area contributed by atoms with Crippen molar-refractivity contribution in [1.29, 1.82) is 0 Å². The molecule has 1 saturated heterocycles. The maximum atomic E-state index is 12.7. The van der Waals surface area contributed by atoms with Crippen LogP contribution in [-0.2, 0) is 4.74 Å². The Hall–Kier alpha value is -0.810. The minimum Gasteiger partial charge on any atom is -0.466 e. The largest absolute Gasteiger partial charge is 0.466 e. The SMILES string of the molecule is Cc1oc(C)c(C(=O)N2CC(C)OC(CBr)C2)c1C. The quantitative estimate of drug-likeness (QED) is 0.783. The molecule has 2 heterocycles. The van der Waals surface area contributed by atoms with Gasteiger partial charge in [-0.1, -0.05) is 15.9 Å². The van der Waals surface area contributed by atoms with E-state index in [9.17, 15) is 4.79 Å². The topological polar surface area (TPSA) is 42.7 Å². The molecule has 4 nitrogen and oxygen atoms in total. The third-order valence-corrected chi connectivity index (χ3v) is 4.28. The third-order valence-electron chi connectivity index (χ3n) is 3.56. The molecule has 1 aliphatic rings. The summed E-state index contributed by atoms with van der Waals surface area (Å²) in [6.45, 7) is 8.92. The second-order valence-electron chi connectivity index (χ2n) is 5.15. The molecule has 1 fully saturated rings. The molecule has 0 bridgehead atoms. The molecule has 1 aromatic heterocycles. The van der Waals surface area contributed by atoms with Crippen LogP contribution in [0.3, 0.4) is 0 Å². The minimum atomic E-state index is 0.0490. The van der Waals surface area contributed by atoms with Crippen molar-refractivity contribution in [1.82, 2.24) is 4.90 Å². The van der Waals surface area contributed by atoms with Gasteiger partial charge < -0.3 is 14.1 Å². The number of hydrogen-bond acceptors (Lipinski definition) is 3. The van der Waals surface area contributed by atoms with Crippen molar-refractivity contribution in [2.45, 2.75) is 39.9 Å². The monoisotopic (exact) mass is 329 g/mol. The fraction of sp³-hybridized carbons (Fsp3) is 0.643. The maximum absolute atomic E-state index is 12.7. The number of furan rings is 1. The molecule has 1 aliphatic heterocycles. The molecule has 2 rings (SSSR count). The van der Waals surface area contributed by atoms with Crippen molar-refractivity contribution in [3.05, 3.63) is 22.6 Å². The van der Waals surface area contributed by atoms with Crippen LogP contribution in [0.4, 0.5) is 0 Å². The van der Waals surface area contributed by atoms with Crippen LogP contribution in [0.15, 0.2) is 4.42 Å². The van der Waals surface area contributed by atoms with E-state index in [4.69, 9.17) is 9.15 Å². The van der Waals surface area contributed by atoms with Crippen molar-refractivity contribution >= 4 is 21.8 Å². The summed E-state index contributed by atoms with van der Waals surface area (Å²) in [5.74, 6) is 1.57. The van der Waals surface area contributed by atoms with Crippen LogP contribution < -0.4 is 0 Å². The smallest absolute Gasteiger partial charge is 0.257 e. The first kappa shape index (κ1) is 14.6. The van der Waals surface area contributed by atoms with E-state index in [-0.39, 0.29) is 18.1 Å². The number of alkyl halides is 1. The molecule has 106 valence electrons. The highest BCUT2D eigenvalue weighted by molar-refractivity contribution is 9.09. The first-order chi connectivity index (χ1) is 8.93. The van der Waals surface area contributed by atoms with Crippen LogP contribution >= 0.6 is 15.9 Å². The fourth-order valence-corrected chi connectivity index (χ4v) is 2.92. The molecule has 1 aromatic rings. The summed E-state index contributed by atoms with van der Waals surface area (Å²) in [6.07, 6.45) is 0.121. The van der Waals surface area contributed by atoms with Gasteiger partial charge in [-0.05, 0) is 27.7 Å². The number of aryl methyl sites for hydroxylation is 2. The van der Waals surface area contributed by atoms with Gasteiger partial charge in [0, 0.05) is 24.0 Å². The number of halogens is 1. The molecule has 1 amide bonds. The molecule has 2 atom stereocenters. The Bertz CT molecular complexity index is 483. The third kappa shape index (κ3) is 2.87. The number of amides is 1. The number of nitrogens with zero attached hydrogens (tertiary/aromatic N) is 1. The maximum Gasteiger partial charge on any atom is 0.257 e. The molecule has 0 radical (unpaired) electrons. The van der Waals surface area contributed by atoms with E-state index >= 15 is 0 Å². The molecule has 0 saturated carbocycles. The Morgan fingerprint density at radius 3 is 2.53 bits per heavy atom. The van der Waals surface area contributed by atoms with E-state index in [1.165, 1.54) is 0 Å². The van der Waals surface area contributed by atoms with E-state index in [1.807, 2.05) is 32.6 Å². The first-order valence-corrected chi connectivity index (χ1v) is 7.63. The predicted molar refractivity (Wildman–Crippen MR) is 77.0 cm³/mol. The van der Waals surface area contributed by atoms with Gasteiger partial charge in [0.25, 0.3) is 5.91 Å². The highest BCUT2D eigenvalue weighted by Gasteiger charge is 2.31. The summed E-state index contributed by atoms with van der Waals surface area (Å²) < 4.78 is 11.3. The number of morpholine rings is 1. The van der Waals surface area contributed by atoms with Gasteiger partial charge in [0.05, 0.1) is 17.8 Å². The molecule has 0 aromatic carbocycles. The number of carbonyl (C=O) groups excluding carboxylic acids is 1. The Labute approximate surface area is 122 Å². The normalized spacial score (nSPS) is 23.7. The van der Waals surface area contributed by atoms with Crippen LogP contribution in [0.1, 0.15) is 34.4 Å².